The van der Waals surface area contributed by atoms with E-state index in [0.29, 0.717) is 0 Å². The Morgan fingerprint density at radius 3 is 0.872 bits per heavy atom. The number of para-hydroxylation sites is 3. The molecule has 232 valence electrons. The van der Waals surface area contributed by atoms with E-state index in [1.54, 1.807) is 0 Å². The van der Waals surface area contributed by atoms with Gasteiger partial charge in [0.2, 0.25) is 0 Å². The van der Waals surface area contributed by atoms with Crippen LogP contribution < -0.4 is 36.7 Å². The SMILES string of the molecule is C[PH](c1ccccc1)(c1ccccc1)c1ccccc1N(c1ccccc1)c1ccccc1[PH](C)(c1ccccc1)c1ccccc1. The van der Waals surface area contributed by atoms with Gasteiger partial charge >= 0.3 is 282 Å². The van der Waals surface area contributed by atoms with E-state index in [4.69, 9.17) is 0 Å². The normalized spacial score (nSPS) is 12.3. The number of nitrogens with zero attached hydrogens (tertiary/aromatic N) is 1. The van der Waals surface area contributed by atoms with Crippen LogP contribution in [0.5, 0.6) is 0 Å². The molecule has 7 rings (SSSR count). The van der Waals surface area contributed by atoms with Crippen LogP contribution in [0.4, 0.5) is 17.1 Å². The third-order valence-electron chi connectivity index (χ3n) is 9.79. The molecule has 0 amide bonds. The summed E-state index contributed by atoms with van der Waals surface area (Å²) in [6.45, 7) is 5.02. The Bertz CT molecular complexity index is 1840. The second kappa shape index (κ2) is 13.5. The van der Waals surface area contributed by atoms with Crippen molar-refractivity contribution in [1.29, 1.82) is 0 Å². The molecule has 0 aliphatic rings. The van der Waals surface area contributed by atoms with E-state index in [2.05, 4.69) is 218 Å². The molecule has 1 nitrogen and oxygen atoms in total. The maximum absolute atomic E-state index is 2.54. The zero-order chi connectivity index (χ0) is 32.1. The van der Waals surface area contributed by atoms with Crippen molar-refractivity contribution < 1.29 is 0 Å². The molecule has 0 saturated heterocycles. The van der Waals surface area contributed by atoms with Crippen LogP contribution in [-0.4, -0.2) is 13.3 Å². The third-order valence-corrected chi connectivity index (χ3v) is 18.7. The Balaban J connectivity index is 1.54. The maximum atomic E-state index is 2.54. The van der Waals surface area contributed by atoms with Crippen LogP contribution >= 0.6 is 14.5 Å². The molecule has 0 radical (unpaired) electrons. The topological polar surface area (TPSA) is 3.24 Å². The molecule has 47 heavy (non-hydrogen) atoms. The Hall–Kier alpha value is -4.80. The van der Waals surface area contributed by atoms with Crippen molar-refractivity contribution in [2.24, 2.45) is 0 Å². The number of hydrogen-bond donors (Lipinski definition) is 0. The first-order valence-electron chi connectivity index (χ1n) is 16.4. The molecule has 0 spiro atoms. The zero-order valence-electron chi connectivity index (χ0n) is 27.0. The van der Waals surface area contributed by atoms with E-state index in [9.17, 15) is 0 Å². The molecule has 0 N–H and O–H groups in total. The van der Waals surface area contributed by atoms with E-state index in [1.165, 1.54) is 43.2 Å². The molecular weight excluding hydrogens is 604 g/mol. The van der Waals surface area contributed by atoms with Crippen molar-refractivity contribution in [3.63, 3.8) is 0 Å². The van der Waals surface area contributed by atoms with Gasteiger partial charge in [-0.1, -0.05) is 0 Å². The summed E-state index contributed by atoms with van der Waals surface area (Å²) in [5, 5.41) is 8.36. The van der Waals surface area contributed by atoms with Crippen molar-refractivity contribution in [2.45, 2.75) is 0 Å². The summed E-state index contributed by atoms with van der Waals surface area (Å²) >= 11 is 0. The van der Waals surface area contributed by atoms with Crippen LogP contribution in [0.1, 0.15) is 0 Å². The predicted molar refractivity (Wildman–Crippen MR) is 213 cm³/mol. The van der Waals surface area contributed by atoms with Gasteiger partial charge in [-0.3, -0.25) is 0 Å². The number of rotatable bonds is 9. The quantitative estimate of drug-likeness (QED) is 0.142. The molecule has 0 fully saturated rings. The molecule has 3 heteroatoms. The van der Waals surface area contributed by atoms with Gasteiger partial charge in [0.15, 0.2) is 0 Å². The standard InChI is InChI=1S/C44H41NP2/c1-46(37-24-10-4-11-25-37,38-26-12-5-13-27-38)43-34-20-18-32-41(43)45(36-22-8-3-9-23-36)42-33-19-21-35-44(42)47(2,39-28-14-6-15-29-39)40-30-16-7-17-31-40/h3-35,46-47H,1-2H3. The first-order valence-corrected chi connectivity index (χ1v) is 21.4. The van der Waals surface area contributed by atoms with E-state index < -0.39 is 14.5 Å². The third kappa shape index (κ3) is 5.72. The average molecular weight is 646 g/mol. The van der Waals surface area contributed by atoms with Crippen molar-refractivity contribution >= 4 is 63.4 Å². The second-order valence-corrected chi connectivity index (χ2v) is 20.3. The van der Waals surface area contributed by atoms with E-state index in [-0.39, 0.29) is 0 Å². The molecule has 0 aliphatic carbocycles. The zero-order valence-corrected chi connectivity index (χ0v) is 29.0. The van der Waals surface area contributed by atoms with Gasteiger partial charge in [0, 0.05) is 0 Å². The van der Waals surface area contributed by atoms with Crippen LogP contribution in [0.3, 0.4) is 0 Å². The Morgan fingerprint density at radius 1 is 0.298 bits per heavy atom. The molecule has 0 bridgehead atoms. The van der Waals surface area contributed by atoms with Gasteiger partial charge in [-0.2, -0.15) is 0 Å². The van der Waals surface area contributed by atoms with Crippen LogP contribution in [0.2, 0.25) is 0 Å². The average Bonchev–Trinajstić information content (AvgIpc) is 3.16. The van der Waals surface area contributed by atoms with Crippen LogP contribution in [0.15, 0.2) is 200 Å². The molecule has 0 saturated carbocycles. The fraction of sp³-hybridized carbons (Fsp3) is 0.0455. The molecule has 0 aromatic heterocycles. The number of hydrogen-bond acceptors (Lipinski definition) is 1. The van der Waals surface area contributed by atoms with Gasteiger partial charge < -0.3 is 0 Å². The van der Waals surface area contributed by atoms with E-state index in [1.807, 2.05) is 0 Å². The first-order chi connectivity index (χ1) is 23.1. The Kier molecular flexibility index (Phi) is 8.86. The fourth-order valence-corrected chi connectivity index (χ4v) is 14.8. The summed E-state index contributed by atoms with van der Waals surface area (Å²) in [5.41, 5.74) is 3.61. The molecule has 7 aromatic rings. The van der Waals surface area contributed by atoms with Gasteiger partial charge in [0.1, 0.15) is 0 Å². The van der Waals surface area contributed by atoms with Crippen molar-refractivity contribution in [3.05, 3.63) is 200 Å². The molecule has 0 heterocycles. The van der Waals surface area contributed by atoms with Crippen LogP contribution in [0, 0.1) is 0 Å². The number of benzene rings is 7. The van der Waals surface area contributed by atoms with Crippen LogP contribution in [0.25, 0.3) is 0 Å². The number of anilines is 3. The summed E-state index contributed by atoms with van der Waals surface area (Å²) < 4.78 is 0. The van der Waals surface area contributed by atoms with Crippen molar-refractivity contribution in [1.82, 2.24) is 0 Å². The summed E-state index contributed by atoms with van der Waals surface area (Å²) in [6, 6.07) is 73.8. The van der Waals surface area contributed by atoms with Crippen LogP contribution in [-0.2, 0) is 0 Å². The monoisotopic (exact) mass is 645 g/mol. The molecule has 0 aliphatic heterocycles. The predicted octanol–water partition coefficient (Wildman–Crippen LogP) is 8.47. The Morgan fingerprint density at radius 2 is 0.553 bits per heavy atom. The first kappa shape index (κ1) is 30.8. The minimum absolute atomic E-state index is 1.15. The molecule has 0 atom stereocenters. The molecule has 0 unspecified atom stereocenters. The summed E-state index contributed by atoms with van der Waals surface area (Å²) in [6.07, 6.45) is 0. The van der Waals surface area contributed by atoms with E-state index in [0.717, 1.165) is 5.69 Å². The summed E-state index contributed by atoms with van der Waals surface area (Å²) in [5.74, 6) is 0. The molecular formula is C44H41NP2. The van der Waals surface area contributed by atoms with Crippen molar-refractivity contribution in [3.8, 4) is 0 Å². The summed E-state index contributed by atoms with van der Waals surface area (Å²) in [7, 11) is -4.94. The van der Waals surface area contributed by atoms with Gasteiger partial charge in [0.05, 0.1) is 0 Å². The summed E-state index contributed by atoms with van der Waals surface area (Å²) in [4.78, 5) is 2.54. The Labute approximate surface area is 280 Å². The second-order valence-electron chi connectivity index (χ2n) is 12.4. The fourth-order valence-electron chi connectivity index (χ4n) is 7.21. The van der Waals surface area contributed by atoms with Gasteiger partial charge in [0.25, 0.3) is 0 Å². The van der Waals surface area contributed by atoms with Crippen molar-refractivity contribution in [2.75, 3.05) is 18.2 Å². The van der Waals surface area contributed by atoms with Gasteiger partial charge in [-0.25, -0.2) is 0 Å². The van der Waals surface area contributed by atoms with Gasteiger partial charge in [-0.15, -0.1) is 0 Å². The van der Waals surface area contributed by atoms with Gasteiger partial charge in [-0.05, 0) is 0 Å². The molecule has 7 aromatic carbocycles. The van der Waals surface area contributed by atoms with E-state index >= 15 is 0 Å². The minimum atomic E-state index is -2.47.